The maximum Gasteiger partial charge on any atom is 0.132 e. The van der Waals surface area contributed by atoms with E-state index in [1.54, 1.807) is 0 Å². The van der Waals surface area contributed by atoms with Gasteiger partial charge in [0.25, 0.3) is 0 Å². The minimum Gasteiger partial charge on any atom is -0.369 e. The summed E-state index contributed by atoms with van der Waals surface area (Å²) in [6, 6.07) is 2.53. The molecule has 0 aliphatic heterocycles. The molecule has 5 heteroatoms. The van der Waals surface area contributed by atoms with Crippen LogP contribution in [0.25, 0.3) is 0 Å². The van der Waals surface area contributed by atoms with Gasteiger partial charge in [0.15, 0.2) is 0 Å². The molecule has 0 spiro atoms. The minimum atomic E-state index is 0.565. The lowest BCUT2D eigenvalue weighted by molar-refractivity contribution is 0.462. The molecule has 1 saturated carbocycles. The van der Waals surface area contributed by atoms with E-state index in [-0.39, 0.29) is 0 Å². The zero-order valence-electron chi connectivity index (χ0n) is 11.1. The van der Waals surface area contributed by atoms with Crippen molar-refractivity contribution < 1.29 is 0 Å². The summed E-state index contributed by atoms with van der Waals surface area (Å²) < 4.78 is 0. The first-order valence-corrected chi connectivity index (χ1v) is 6.84. The molecule has 1 aromatic heterocycles. The van der Waals surface area contributed by atoms with Crippen molar-refractivity contribution in [1.29, 1.82) is 0 Å². The number of nitrogens with one attached hydrogen (secondary N) is 2. The summed E-state index contributed by atoms with van der Waals surface area (Å²) in [5, 5.41) is 6.71. The van der Waals surface area contributed by atoms with Crippen LogP contribution in [-0.2, 0) is 0 Å². The number of hydrogen-bond donors (Lipinski definition) is 3. The standard InChI is InChI=1S/C13H23N5/c1-10-16-12(15-8-7-14)9-13(17-10)18-11-5-3-2-4-6-11/h9,11H,2-8,14H2,1H3,(H2,15,16,17,18). The number of hydrogen-bond acceptors (Lipinski definition) is 5. The highest BCUT2D eigenvalue weighted by Gasteiger charge is 2.14. The molecule has 4 N–H and O–H groups in total. The molecule has 100 valence electrons. The molecule has 0 radical (unpaired) electrons. The second-order valence-corrected chi connectivity index (χ2v) is 4.88. The zero-order valence-corrected chi connectivity index (χ0v) is 11.1. The smallest absolute Gasteiger partial charge is 0.132 e. The zero-order chi connectivity index (χ0) is 12.8. The van der Waals surface area contributed by atoms with Crippen LogP contribution in [0.2, 0.25) is 0 Å². The number of aryl methyl sites for hydroxylation is 1. The average Bonchev–Trinajstić information content (AvgIpc) is 2.37. The molecular weight excluding hydrogens is 226 g/mol. The largest absolute Gasteiger partial charge is 0.369 e. The third-order valence-electron chi connectivity index (χ3n) is 3.25. The molecule has 0 bridgehead atoms. The van der Waals surface area contributed by atoms with Crippen molar-refractivity contribution in [1.82, 2.24) is 9.97 Å². The third kappa shape index (κ3) is 3.84. The van der Waals surface area contributed by atoms with Crippen molar-refractivity contribution in [2.75, 3.05) is 23.7 Å². The van der Waals surface area contributed by atoms with Crippen molar-refractivity contribution >= 4 is 11.6 Å². The first-order valence-electron chi connectivity index (χ1n) is 6.84. The van der Waals surface area contributed by atoms with Gasteiger partial charge in [0.05, 0.1) is 0 Å². The van der Waals surface area contributed by atoms with Crippen molar-refractivity contribution in [3.63, 3.8) is 0 Å². The third-order valence-corrected chi connectivity index (χ3v) is 3.25. The topological polar surface area (TPSA) is 75.9 Å². The Hall–Kier alpha value is -1.36. The van der Waals surface area contributed by atoms with E-state index >= 15 is 0 Å². The summed E-state index contributed by atoms with van der Waals surface area (Å²) >= 11 is 0. The molecule has 18 heavy (non-hydrogen) atoms. The molecule has 0 atom stereocenters. The highest BCUT2D eigenvalue weighted by Crippen LogP contribution is 2.21. The normalized spacial score (nSPS) is 16.6. The second kappa shape index (κ2) is 6.54. The maximum absolute atomic E-state index is 5.48. The molecule has 1 heterocycles. The van der Waals surface area contributed by atoms with Crippen molar-refractivity contribution in [3.8, 4) is 0 Å². The van der Waals surface area contributed by atoms with Crippen LogP contribution in [0.1, 0.15) is 37.9 Å². The molecule has 0 unspecified atom stereocenters. The van der Waals surface area contributed by atoms with Crippen molar-refractivity contribution in [3.05, 3.63) is 11.9 Å². The summed E-state index contributed by atoms with van der Waals surface area (Å²) in [7, 11) is 0. The Morgan fingerprint density at radius 1 is 1.22 bits per heavy atom. The van der Waals surface area contributed by atoms with E-state index in [1.165, 1.54) is 32.1 Å². The average molecular weight is 249 g/mol. The second-order valence-electron chi connectivity index (χ2n) is 4.88. The lowest BCUT2D eigenvalue weighted by atomic mass is 9.95. The molecular formula is C13H23N5. The van der Waals surface area contributed by atoms with E-state index in [0.29, 0.717) is 12.6 Å². The first kappa shape index (κ1) is 13.1. The van der Waals surface area contributed by atoms with Crippen LogP contribution in [0.4, 0.5) is 11.6 Å². The van der Waals surface area contributed by atoms with Crippen LogP contribution < -0.4 is 16.4 Å². The van der Waals surface area contributed by atoms with E-state index in [4.69, 9.17) is 5.73 Å². The van der Waals surface area contributed by atoms with Crippen LogP contribution in [0.5, 0.6) is 0 Å². The summed E-state index contributed by atoms with van der Waals surface area (Å²) in [4.78, 5) is 8.79. The molecule has 2 rings (SSSR count). The monoisotopic (exact) mass is 249 g/mol. The van der Waals surface area contributed by atoms with E-state index < -0.39 is 0 Å². The van der Waals surface area contributed by atoms with E-state index in [1.807, 2.05) is 13.0 Å². The SMILES string of the molecule is Cc1nc(NCCN)cc(NC2CCCCC2)n1. The van der Waals surface area contributed by atoms with Gasteiger partial charge in [-0.15, -0.1) is 0 Å². The van der Waals surface area contributed by atoms with Gasteiger partial charge in [-0.2, -0.15) is 0 Å². The quantitative estimate of drug-likeness (QED) is 0.743. The number of nitrogens with zero attached hydrogens (tertiary/aromatic N) is 2. The highest BCUT2D eigenvalue weighted by atomic mass is 15.1. The number of nitrogens with two attached hydrogens (primary N) is 1. The maximum atomic E-state index is 5.48. The van der Waals surface area contributed by atoms with Crippen LogP contribution in [0.15, 0.2) is 6.07 Å². The van der Waals surface area contributed by atoms with E-state index in [0.717, 1.165) is 24.0 Å². The molecule has 1 aliphatic carbocycles. The number of aromatic nitrogens is 2. The molecule has 1 aliphatic rings. The van der Waals surface area contributed by atoms with E-state index in [2.05, 4.69) is 20.6 Å². The van der Waals surface area contributed by atoms with E-state index in [9.17, 15) is 0 Å². The Morgan fingerprint density at radius 3 is 2.67 bits per heavy atom. The lowest BCUT2D eigenvalue weighted by Gasteiger charge is -2.23. The fourth-order valence-corrected chi connectivity index (χ4v) is 2.39. The Labute approximate surface area is 109 Å². The van der Waals surface area contributed by atoms with Crippen molar-refractivity contribution in [2.45, 2.75) is 45.1 Å². The Morgan fingerprint density at radius 2 is 1.94 bits per heavy atom. The van der Waals surface area contributed by atoms with Gasteiger partial charge in [0.1, 0.15) is 17.5 Å². The first-order chi connectivity index (χ1) is 8.78. The summed E-state index contributed by atoms with van der Waals surface area (Å²) in [6.45, 7) is 3.26. The Bertz CT molecular complexity index is 374. The summed E-state index contributed by atoms with van der Waals surface area (Å²) in [6.07, 6.45) is 6.49. The predicted molar refractivity (Wildman–Crippen MR) is 74.8 cm³/mol. The van der Waals surface area contributed by atoms with Gasteiger partial charge in [-0.25, -0.2) is 9.97 Å². The minimum absolute atomic E-state index is 0.565. The Balaban J connectivity index is 1.99. The predicted octanol–water partition coefficient (Wildman–Crippen LogP) is 1.90. The molecule has 1 fully saturated rings. The van der Waals surface area contributed by atoms with Gasteiger partial charge >= 0.3 is 0 Å². The molecule has 5 nitrogen and oxygen atoms in total. The fraction of sp³-hybridized carbons (Fsp3) is 0.692. The molecule has 0 aromatic carbocycles. The van der Waals surface area contributed by atoms with Crippen LogP contribution >= 0.6 is 0 Å². The molecule has 1 aromatic rings. The van der Waals surface area contributed by atoms with Crippen LogP contribution in [-0.4, -0.2) is 29.1 Å². The van der Waals surface area contributed by atoms with Crippen LogP contribution in [0, 0.1) is 6.92 Å². The molecule has 0 saturated heterocycles. The number of anilines is 2. The summed E-state index contributed by atoms with van der Waals surface area (Å²) in [5.41, 5.74) is 5.48. The van der Waals surface area contributed by atoms with Gasteiger partial charge in [0, 0.05) is 25.2 Å². The van der Waals surface area contributed by atoms with Gasteiger partial charge < -0.3 is 16.4 Å². The number of rotatable bonds is 5. The molecule has 0 amide bonds. The highest BCUT2D eigenvalue weighted by molar-refractivity contribution is 5.48. The van der Waals surface area contributed by atoms with Gasteiger partial charge in [0.2, 0.25) is 0 Å². The fourth-order valence-electron chi connectivity index (χ4n) is 2.39. The van der Waals surface area contributed by atoms with Crippen LogP contribution in [0.3, 0.4) is 0 Å². The van der Waals surface area contributed by atoms with Gasteiger partial charge in [-0.1, -0.05) is 19.3 Å². The van der Waals surface area contributed by atoms with Crippen molar-refractivity contribution in [2.24, 2.45) is 5.73 Å². The summed E-state index contributed by atoms with van der Waals surface area (Å²) in [5.74, 6) is 2.57. The Kier molecular flexibility index (Phi) is 4.75. The van der Waals surface area contributed by atoms with Gasteiger partial charge in [-0.3, -0.25) is 0 Å². The lowest BCUT2D eigenvalue weighted by Crippen LogP contribution is -2.23. The van der Waals surface area contributed by atoms with Gasteiger partial charge in [-0.05, 0) is 19.8 Å².